The van der Waals surface area contributed by atoms with E-state index in [-0.39, 0.29) is 18.0 Å². The number of halogens is 3. The monoisotopic (exact) mass is 391 g/mol. The van der Waals surface area contributed by atoms with E-state index in [1.54, 1.807) is 5.38 Å². The van der Waals surface area contributed by atoms with Crippen molar-refractivity contribution >= 4 is 33.8 Å². The summed E-state index contributed by atoms with van der Waals surface area (Å²) < 4.78 is 38.3. The van der Waals surface area contributed by atoms with E-state index in [0.29, 0.717) is 10.8 Å². The molecule has 0 radical (unpaired) electrons. The van der Waals surface area contributed by atoms with Crippen LogP contribution in [0.5, 0.6) is 0 Å². The van der Waals surface area contributed by atoms with E-state index >= 15 is 0 Å². The molecule has 0 unspecified atom stereocenters. The summed E-state index contributed by atoms with van der Waals surface area (Å²) in [7, 11) is 0. The molecule has 0 aliphatic heterocycles. The van der Waals surface area contributed by atoms with Crippen LogP contribution in [0.25, 0.3) is 0 Å². The molecule has 0 saturated heterocycles. The largest absolute Gasteiger partial charge is 0.416 e. The van der Waals surface area contributed by atoms with Crippen LogP contribution in [0, 0.1) is 6.92 Å². The Labute approximate surface area is 158 Å². The minimum Gasteiger partial charge on any atom is -0.332 e. The molecular weight excluding hydrogens is 375 g/mol. The minimum atomic E-state index is -4.40. The zero-order valence-electron chi connectivity index (χ0n) is 14.3. The van der Waals surface area contributed by atoms with E-state index in [4.69, 9.17) is 0 Å². The summed E-state index contributed by atoms with van der Waals surface area (Å²) in [6, 6.07) is 12.3. The van der Waals surface area contributed by atoms with Crippen molar-refractivity contribution in [3.05, 3.63) is 70.7 Å². The Morgan fingerprint density at radius 3 is 2.67 bits per heavy atom. The average Bonchev–Trinajstić information content (AvgIpc) is 3.03. The maximum atomic E-state index is 12.8. The molecule has 2 aromatic carbocycles. The molecule has 1 aromatic heterocycles. The van der Waals surface area contributed by atoms with Crippen LogP contribution in [0.4, 0.5) is 29.7 Å². The number of hydrogen-bond acceptors (Lipinski definition) is 4. The molecule has 3 rings (SSSR count). The smallest absolute Gasteiger partial charge is 0.332 e. The first-order valence-corrected chi connectivity index (χ1v) is 8.93. The van der Waals surface area contributed by atoms with Crippen LogP contribution in [0.1, 0.15) is 16.8 Å². The predicted octanol–water partition coefficient (Wildman–Crippen LogP) is 5.40. The molecule has 0 saturated carbocycles. The van der Waals surface area contributed by atoms with Gasteiger partial charge in [-0.15, -0.1) is 11.3 Å². The van der Waals surface area contributed by atoms with Gasteiger partial charge in [0.25, 0.3) is 0 Å². The van der Waals surface area contributed by atoms with E-state index in [1.165, 1.54) is 23.5 Å². The quantitative estimate of drug-likeness (QED) is 0.613. The number of carbonyl (C=O) groups is 1. The second-order valence-electron chi connectivity index (χ2n) is 5.89. The SMILES string of the molecule is Cc1ccccc1NC(=O)Cc1csc(Nc2cccc(C(F)(F)F)c2)n1. The van der Waals surface area contributed by atoms with Crippen molar-refractivity contribution in [1.29, 1.82) is 0 Å². The summed E-state index contributed by atoms with van der Waals surface area (Å²) >= 11 is 1.23. The average molecular weight is 391 g/mol. The lowest BCUT2D eigenvalue weighted by molar-refractivity contribution is -0.137. The van der Waals surface area contributed by atoms with Gasteiger partial charge in [-0.05, 0) is 36.8 Å². The summed E-state index contributed by atoms with van der Waals surface area (Å²) in [6.45, 7) is 1.90. The van der Waals surface area contributed by atoms with Crippen LogP contribution in [-0.2, 0) is 17.4 Å². The summed E-state index contributed by atoms with van der Waals surface area (Å²) in [6.07, 6.45) is -4.32. The highest BCUT2D eigenvalue weighted by Gasteiger charge is 2.30. The number of alkyl halides is 3. The highest BCUT2D eigenvalue weighted by molar-refractivity contribution is 7.13. The maximum Gasteiger partial charge on any atom is 0.416 e. The molecule has 0 atom stereocenters. The fraction of sp³-hybridized carbons (Fsp3) is 0.158. The zero-order valence-corrected chi connectivity index (χ0v) is 15.1. The molecule has 140 valence electrons. The first kappa shape index (κ1) is 18.9. The van der Waals surface area contributed by atoms with Gasteiger partial charge < -0.3 is 10.6 Å². The van der Waals surface area contributed by atoms with E-state index in [9.17, 15) is 18.0 Å². The Hall–Kier alpha value is -2.87. The molecule has 8 heteroatoms. The van der Waals surface area contributed by atoms with Gasteiger partial charge in [-0.1, -0.05) is 24.3 Å². The third-order valence-electron chi connectivity index (χ3n) is 3.75. The number of nitrogens with one attached hydrogen (secondary N) is 2. The Morgan fingerprint density at radius 2 is 1.93 bits per heavy atom. The highest BCUT2D eigenvalue weighted by atomic mass is 32.1. The van der Waals surface area contributed by atoms with Crippen LogP contribution in [0.15, 0.2) is 53.9 Å². The number of benzene rings is 2. The summed E-state index contributed by atoms with van der Waals surface area (Å²) in [4.78, 5) is 16.4. The van der Waals surface area contributed by atoms with Crippen molar-refractivity contribution in [1.82, 2.24) is 4.98 Å². The third kappa shape index (κ3) is 5.07. The fourth-order valence-corrected chi connectivity index (χ4v) is 3.14. The van der Waals surface area contributed by atoms with Crippen molar-refractivity contribution < 1.29 is 18.0 Å². The van der Waals surface area contributed by atoms with Gasteiger partial charge in [0.1, 0.15) is 0 Å². The number of aryl methyl sites for hydroxylation is 1. The lowest BCUT2D eigenvalue weighted by atomic mass is 10.2. The summed E-state index contributed by atoms with van der Waals surface area (Å²) in [5.74, 6) is -0.208. The molecule has 0 bridgehead atoms. The number of anilines is 3. The first-order valence-electron chi connectivity index (χ1n) is 8.05. The molecular formula is C19H16F3N3OS. The first-order chi connectivity index (χ1) is 12.8. The zero-order chi connectivity index (χ0) is 19.4. The van der Waals surface area contributed by atoms with Crippen LogP contribution < -0.4 is 10.6 Å². The number of carbonyl (C=O) groups excluding carboxylic acids is 1. The van der Waals surface area contributed by atoms with Crippen LogP contribution in [-0.4, -0.2) is 10.9 Å². The van der Waals surface area contributed by atoms with Gasteiger partial charge in [-0.3, -0.25) is 4.79 Å². The maximum absolute atomic E-state index is 12.8. The second-order valence-corrected chi connectivity index (χ2v) is 6.75. The molecule has 1 amide bonds. The van der Waals surface area contributed by atoms with Crippen LogP contribution in [0.3, 0.4) is 0 Å². The van der Waals surface area contributed by atoms with Gasteiger partial charge >= 0.3 is 6.18 Å². The topological polar surface area (TPSA) is 54.0 Å². The predicted molar refractivity (Wildman–Crippen MR) is 100 cm³/mol. The van der Waals surface area contributed by atoms with Gasteiger partial charge in [0, 0.05) is 16.8 Å². The Bertz CT molecular complexity index is 953. The second kappa shape index (κ2) is 7.79. The Kier molecular flexibility index (Phi) is 5.46. The van der Waals surface area contributed by atoms with Crippen molar-refractivity contribution in [2.24, 2.45) is 0 Å². The molecule has 27 heavy (non-hydrogen) atoms. The van der Waals surface area contributed by atoms with Crippen molar-refractivity contribution in [2.75, 3.05) is 10.6 Å². The summed E-state index contributed by atoms with van der Waals surface area (Å²) in [5.41, 5.74) is 1.79. The molecule has 0 spiro atoms. The van der Waals surface area contributed by atoms with Gasteiger partial charge in [0.2, 0.25) is 5.91 Å². The molecule has 0 aliphatic carbocycles. The van der Waals surface area contributed by atoms with E-state index in [2.05, 4.69) is 15.6 Å². The number of rotatable bonds is 5. The molecule has 3 aromatic rings. The number of nitrogens with zero attached hydrogens (tertiary/aromatic N) is 1. The Balaban J connectivity index is 1.63. The van der Waals surface area contributed by atoms with Crippen molar-refractivity contribution in [3.63, 3.8) is 0 Å². The molecule has 1 heterocycles. The number of hydrogen-bond donors (Lipinski definition) is 2. The van der Waals surface area contributed by atoms with Gasteiger partial charge in [-0.25, -0.2) is 4.98 Å². The number of thiazole rings is 1. The molecule has 0 aliphatic rings. The normalized spacial score (nSPS) is 11.3. The van der Waals surface area contributed by atoms with E-state index in [1.807, 2.05) is 31.2 Å². The standard InChI is InChI=1S/C19H16F3N3OS/c1-12-5-2-3-8-16(12)25-17(26)10-15-11-27-18(24-15)23-14-7-4-6-13(9-14)19(20,21)22/h2-9,11H,10H2,1H3,(H,23,24)(H,25,26). The lowest BCUT2D eigenvalue weighted by Gasteiger charge is -2.09. The van der Waals surface area contributed by atoms with Crippen LogP contribution >= 0.6 is 11.3 Å². The van der Waals surface area contributed by atoms with E-state index < -0.39 is 11.7 Å². The van der Waals surface area contributed by atoms with Gasteiger partial charge in [-0.2, -0.15) is 13.2 Å². The minimum absolute atomic E-state index is 0.0785. The number of aromatic nitrogens is 1. The van der Waals surface area contributed by atoms with Crippen LogP contribution in [0.2, 0.25) is 0 Å². The third-order valence-corrected chi connectivity index (χ3v) is 4.56. The Morgan fingerprint density at radius 1 is 1.15 bits per heavy atom. The molecule has 4 nitrogen and oxygen atoms in total. The summed E-state index contributed by atoms with van der Waals surface area (Å²) in [5, 5.41) is 7.79. The highest BCUT2D eigenvalue weighted by Crippen LogP contribution is 2.31. The number of amides is 1. The van der Waals surface area contributed by atoms with Gasteiger partial charge in [0.15, 0.2) is 5.13 Å². The lowest BCUT2D eigenvalue weighted by Crippen LogP contribution is -2.15. The van der Waals surface area contributed by atoms with E-state index in [0.717, 1.165) is 23.4 Å². The number of para-hydroxylation sites is 1. The van der Waals surface area contributed by atoms with Gasteiger partial charge in [0.05, 0.1) is 17.7 Å². The van der Waals surface area contributed by atoms with Crippen molar-refractivity contribution in [2.45, 2.75) is 19.5 Å². The fourth-order valence-electron chi connectivity index (χ4n) is 2.41. The van der Waals surface area contributed by atoms with Crippen molar-refractivity contribution in [3.8, 4) is 0 Å². The molecule has 0 fully saturated rings. The molecule has 2 N–H and O–H groups in total.